The number of carbonyl (C=O) groups excluding carboxylic acids is 3. The van der Waals surface area contributed by atoms with Crippen molar-refractivity contribution in [1.29, 1.82) is 0 Å². The van der Waals surface area contributed by atoms with Crippen LogP contribution < -0.4 is 5.32 Å². The van der Waals surface area contributed by atoms with Gasteiger partial charge in [-0.2, -0.15) is 0 Å². The third-order valence-electron chi connectivity index (χ3n) is 3.90. The molecule has 2 aromatic rings. The third-order valence-corrected chi connectivity index (χ3v) is 3.90. The SMILES string of the molecule is CCCC(=O)Nc1ccc(C(=O)COC(=O)/C=C/c2ccccc2C)cc1. The van der Waals surface area contributed by atoms with Crippen molar-refractivity contribution in [3.8, 4) is 0 Å². The molecule has 0 atom stereocenters. The Bertz CT molecular complexity index is 838. The van der Waals surface area contributed by atoms with Gasteiger partial charge >= 0.3 is 5.97 Å². The Labute approximate surface area is 159 Å². The number of Topliss-reactive ketones (excluding diaryl/α,β-unsaturated/α-hetero) is 1. The predicted molar refractivity (Wildman–Crippen MR) is 105 cm³/mol. The molecule has 0 saturated carbocycles. The normalized spacial score (nSPS) is 10.6. The van der Waals surface area contributed by atoms with E-state index < -0.39 is 5.97 Å². The van der Waals surface area contributed by atoms with Crippen LogP contribution in [0, 0.1) is 6.92 Å². The van der Waals surface area contributed by atoms with Crippen molar-refractivity contribution in [2.45, 2.75) is 26.7 Å². The number of anilines is 1. The number of rotatable bonds is 8. The van der Waals surface area contributed by atoms with E-state index in [-0.39, 0.29) is 18.3 Å². The van der Waals surface area contributed by atoms with Crippen LogP contribution in [0.5, 0.6) is 0 Å². The first-order chi connectivity index (χ1) is 13.0. The van der Waals surface area contributed by atoms with E-state index in [1.165, 1.54) is 6.08 Å². The van der Waals surface area contributed by atoms with Crippen LogP contribution in [0.25, 0.3) is 6.08 Å². The van der Waals surface area contributed by atoms with Gasteiger partial charge in [-0.15, -0.1) is 0 Å². The molecular formula is C22H23NO4. The van der Waals surface area contributed by atoms with Crippen LogP contribution in [-0.4, -0.2) is 24.3 Å². The number of ether oxygens (including phenoxy) is 1. The lowest BCUT2D eigenvalue weighted by molar-refractivity contribution is -0.136. The van der Waals surface area contributed by atoms with Gasteiger partial charge in [0.2, 0.25) is 5.91 Å². The Balaban J connectivity index is 1.85. The first-order valence-electron chi connectivity index (χ1n) is 8.83. The van der Waals surface area contributed by atoms with E-state index in [4.69, 9.17) is 4.74 Å². The van der Waals surface area contributed by atoms with Crippen LogP contribution in [0.4, 0.5) is 5.69 Å². The predicted octanol–water partition coefficient (Wildman–Crippen LogP) is 4.17. The maximum atomic E-state index is 12.1. The number of aryl methyl sites for hydroxylation is 1. The van der Waals surface area contributed by atoms with Crippen molar-refractivity contribution in [1.82, 2.24) is 0 Å². The zero-order chi connectivity index (χ0) is 19.6. The molecule has 0 saturated heterocycles. The van der Waals surface area contributed by atoms with Gasteiger partial charge in [-0.3, -0.25) is 9.59 Å². The summed E-state index contributed by atoms with van der Waals surface area (Å²) in [4.78, 5) is 35.5. The number of amides is 1. The molecule has 0 bridgehead atoms. The minimum absolute atomic E-state index is 0.0639. The summed E-state index contributed by atoms with van der Waals surface area (Å²) in [5, 5.41) is 2.75. The summed E-state index contributed by atoms with van der Waals surface area (Å²) in [5.41, 5.74) is 3.01. The topological polar surface area (TPSA) is 72.5 Å². The maximum absolute atomic E-state index is 12.1. The Morgan fingerprint density at radius 2 is 1.74 bits per heavy atom. The van der Waals surface area contributed by atoms with E-state index in [9.17, 15) is 14.4 Å². The number of hydrogen-bond acceptors (Lipinski definition) is 4. The molecule has 1 amide bonds. The zero-order valence-electron chi connectivity index (χ0n) is 15.5. The summed E-state index contributed by atoms with van der Waals surface area (Å²) in [6, 6.07) is 14.2. The molecule has 0 unspecified atom stereocenters. The Hall–Kier alpha value is -3.21. The van der Waals surface area contributed by atoms with Gasteiger partial charge in [-0.05, 0) is 54.8 Å². The second-order valence-electron chi connectivity index (χ2n) is 6.10. The van der Waals surface area contributed by atoms with Crippen molar-refractivity contribution in [2.24, 2.45) is 0 Å². The van der Waals surface area contributed by atoms with Crippen molar-refractivity contribution in [3.63, 3.8) is 0 Å². The molecule has 0 radical (unpaired) electrons. The molecule has 140 valence electrons. The fourth-order valence-corrected chi connectivity index (χ4v) is 2.39. The van der Waals surface area contributed by atoms with Crippen molar-refractivity contribution < 1.29 is 19.1 Å². The van der Waals surface area contributed by atoms with E-state index in [0.717, 1.165) is 17.5 Å². The van der Waals surface area contributed by atoms with E-state index in [1.54, 1.807) is 30.3 Å². The lowest BCUT2D eigenvalue weighted by atomic mass is 10.1. The average molecular weight is 365 g/mol. The van der Waals surface area contributed by atoms with E-state index in [1.807, 2.05) is 38.1 Å². The van der Waals surface area contributed by atoms with Gasteiger partial charge in [-0.1, -0.05) is 31.2 Å². The summed E-state index contributed by atoms with van der Waals surface area (Å²) in [6.07, 6.45) is 4.19. The molecule has 2 rings (SSSR count). The fraction of sp³-hybridized carbons (Fsp3) is 0.227. The highest BCUT2D eigenvalue weighted by molar-refractivity contribution is 5.99. The molecule has 0 aliphatic rings. The van der Waals surface area contributed by atoms with Crippen LogP contribution in [0.15, 0.2) is 54.6 Å². The molecule has 0 spiro atoms. The van der Waals surface area contributed by atoms with Gasteiger partial charge in [0.15, 0.2) is 12.4 Å². The average Bonchev–Trinajstić information content (AvgIpc) is 2.66. The molecule has 5 nitrogen and oxygen atoms in total. The molecular weight excluding hydrogens is 342 g/mol. The summed E-state index contributed by atoms with van der Waals surface area (Å²) in [6.45, 7) is 3.54. The second kappa shape index (κ2) is 10.1. The van der Waals surface area contributed by atoms with Gasteiger partial charge in [0.25, 0.3) is 0 Å². The largest absolute Gasteiger partial charge is 0.454 e. The zero-order valence-corrected chi connectivity index (χ0v) is 15.5. The van der Waals surface area contributed by atoms with Crippen molar-refractivity contribution in [3.05, 3.63) is 71.3 Å². The van der Waals surface area contributed by atoms with Crippen LogP contribution in [0.1, 0.15) is 41.3 Å². The molecule has 0 heterocycles. The number of ketones is 1. The van der Waals surface area contributed by atoms with E-state index in [2.05, 4.69) is 5.32 Å². The summed E-state index contributed by atoms with van der Waals surface area (Å²) in [5.74, 6) is -0.944. The van der Waals surface area contributed by atoms with Crippen LogP contribution in [0.2, 0.25) is 0 Å². The molecule has 0 aliphatic heterocycles. The minimum Gasteiger partial charge on any atom is -0.454 e. The van der Waals surface area contributed by atoms with Crippen LogP contribution in [0.3, 0.4) is 0 Å². The van der Waals surface area contributed by atoms with Crippen molar-refractivity contribution >= 4 is 29.4 Å². The molecule has 0 aliphatic carbocycles. The second-order valence-corrected chi connectivity index (χ2v) is 6.10. The van der Waals surface area contributed by atoms with Crippen LogP contribution >= 0.6 is 0 Å². The quantitative estimate of drug-likeness (QED) is 0.433. The highest BCUT2D eigenvalue weighted by atomic mass is 16.5. The molecule has 27 heavy (non-hydrogen) atoms. The number of carbonyl (C=O) groups is 3. The highest BCUT2D eigenvalue weighted by Gasteiger charge is 2.09. The summed E-state index contributed by atoms with van der Waals surface area (Å²) >= 11 is 0. The highest BCUT2D eigenvalue weighted by Crippen LogP contribution is 2.12. The van der Waals surface area contributed by atoms with Gasteiger partial charge in [0.05, 0.1) is 0 Å². The van der Waals surface area contributed by atoms with E-state index >= 15 is 0 Å². The standard InChI is InChI=1S/C22H23NO4/c1-3-6-21(25)23-19-12-9-18(10-13-19)20(24)15-27-22(26)14-11-17-8-5-4-7-16(17)2/h4-5,7-14H,3,6,15H2,1-2H3,(H,23,25)/b14-11+. The number of benzene rings is 2. The van der Waals surface area contributed by atoms with Gasteiger partial charge in [-0.25, -0.2) is 4.79 Å². The van der Waals surface area contributed by atoms with Crippen LogP contribution in [-0.2, 0) is 14.3 Å². The number of nitrogens with one attached hydrogen (secondary N) is 1. The first-order valence-corrected chi connectivity index (χ1v) is 8.83. The van der Waals surface area contributed by atoms with E-state index in [0.29, 0.717) is 17.7 Å². The number of hydrogen-bond donors (Lipinski definition) is 1. The minimum atomic E-state index is -0.574. The summed E-state index contributed by atoms with van der Waals surface area (Å²) in [7, 11) is 0. The Kier molecular flexibility index (Phi) is 7.49. The fourth-order valence-electron chi connectivity index (χ4n) is 2.39. The molecule has 0 aromatic heterocycles. The Morgan fingerprint density at radius 3 is 2.41 bits per heavy atom. The van der Waals surface area contributed by atoms with Gasteiger partial charge in [0, 0.05) is 23.7 Å². The molecule has 0 fully saturated rings. The third kappa shape index (κ3) is 6.55. The smallest absolute Gasteiger partial charge is 0.331 e. The monoisotopic (exact) mass is 365 g/mol. The molecule has 1 N–H and O–H groups in total. The maximum Gasteiger partial charge on any atom is 0.331 e. The number of esters is 1. The lowest BCUT2D eigenvalue weighted by Crippen LogP contribution is -2.13. The van der Waals surface area contributed by atoms with Crippen molar-refractivity contribution in [2.75, 3.05) is 11.9 Å². The first kappa shape index (κ1) is 20.1. The molecule has 2 aromatic carbocycles. The Morgan fingerprint density at radius 1 is 1.04 bits per heavy atom. The van der Waals surface area contributed by atoms with Gasteiger partial charge < -0.3 is 10.1 Å². The summed E-state index contributed by atoms with van der Waals surface area (Å²) < 4.78 is 5.00. The molecule has 5 heteroatoms. The van der Waals surface area contributed by atoms with Gasteiger partial charge in [0.1, 0.15) is 0 Å². The lowest BCUT2D eigenvalue weighted by Gasteiger charge is -2.06.